The molecule has 0 amide bonds. The van der Waals surface area contributed by atoms with Gasteiger partial charge in [0.05, 0.1) is 106 Å². The summed E-state index contributed by atoms with van der Waals surface area (Å²) in [4.78, 5) is 10.8. The maximum Gasteiger partial charge on any atom is 0.331 e. The van der Waals surface area contributed by atoms with Crippen molar-refractivity contribution in [2.75, 3.05) is 119 Å². The molecular weight excluding hydrogens is 424 g/mol. The fourth-order valence-corrected chi connectivity index (χ4v) is 1.92. The zero-order valence-corrected chi connectivity index (χ0v) is 18.7. The molecule has 0 heterocycles. The summed E-state index contributed by atoms with van der Waals surface area (Å²) in [6.07, 6.45) is 0. The summed E-state index contributed by atoms with van der Waals surface area (Å²) in [6, 6.07) is 0. The molecule has 0 aliphatic heterocycles. The lowest BCUT2D eigenvalue weighted by Gasteiger charge is -2.08. The van der Waals surface area contributed by atoms with Crippen LogP contribution in [-0.2, 0) is 47.4 Å². The Morgan fingerprint density at radius 3 is 1.03 bits per heavy atom. The van der Waals surface area contributed by atoms with Crippen LogP contribution in [0, 0.1) is 0 Å². The van der Waals surface area contributed by atoms with E-state index in [1.807, 2.05) is 0 Å². The molecule has 0 radical (unpaired) electrons. The minimum Gasteiger partial charge on any atom is -0.467 e. The number of ether oxygens (including phenoxy) is 9. The van der Waals surface area contributed by atoms with Crippen molar-refractivity contribution in [1.82, 2.24) is 0 Å². The van der Waals surface area contributed by atoms with Crippen LogP contribution in [0.4, 0.5) is 0 Å². The van der Waals surface area contributed by atoms with Crippen LogP contribution in [-0.4, -0.2) is 125 Å². The Balaban J connectivity index is 3.01. The molecule has 0 saturated heterocycles. The van der Waals surface area contributed by atoms with Crippen LogP contribution < -0.4 is 0 Å². The third-order valence-electron chi connectivity index (χ3n) is 3.27. The Bertz CT molecular complexity index is 349. The van der Waals surface area contributed by atoms with Crippen molar-refractivity contribution in [3.63, 3.8) is 0 Å². The van der Waals surface area contributed by atoms with Gasteiger partial charge in [0.25, 0.3) is 0 Å². The maximum atomic E-state index is 10.8. The molecule has 0 spiro atoms. The normalized spacial score (nSPS) is 11.1. The molecule has 10 nitrogen and oxygen atoms in total. The van der Waals surface area contributed by atoms with Crippen molar-refractivity contribution < 1.29 is 47.4 Å². The van der Waals surface area contributed by atoms with E-state index in [9.17, 15) is 4.79 Å². The zero-order chi connectivity index (χ0) is 22.0. The van der Waals surface area contributed by atoms with Gasteiger partial charge >= 0.3 is 5.97 Å². The molecule has 0 N–H and O–H groups in total. The standard InChI is InChI=1S/C19H37ClO10/c1-22-19(21)18-30-17-16-29-15-14-28-13-12-27-11-10-26-9-8-25-7-6-24-5-4-23-3-2-20/h2-18H2,1H3. The predicted octanol–water partition coefficient (Wildman–Crippen LogP) is 0.531. The van der Waals surface area contributed by atoms with Gasteiger partial charge in [-0.15, -0.1) is 11.6 Å². The van der Waals surface area contributed by atoms with Crippen molar-refractivity contribution >= 4 is 17.6 Å². The van der Waals surface area contributed by atoms with Gasteiger partial charge in [0.1, 0.15) is 6.61 Å². The number of carbonyl (C=O) groups is 1. The summed E-state index contributed by atoms with van der Waals surface area (Å²) in [5.74, 6) is 0.0930. The highest BCUT2D eigenvalue weighted by molar-refractivity contribution is 6.17. The molecule has 11 heteroatoms. The fourth-order valence-electron chi connectivity index (χ4n) is 1.81. The van der Waals surface area contributed by atoms with Gasteiger partial charge in [-0.2, -0.15) is 0 Å². The number of hydrogen-bond donors (Lipinski definition) is 0. The van der Waals surface area contributed by atoms with E-state index >= 15 is 0 Å². The molecule has 30 heavy (non-hydrogen) atoms. The Kier molecular flexibility index (Phi) is 26.0. The molecule has 0 rings (SSSR count). The minimum atomic E-state index is -0.404. The zero-order valence-electron chi connectivity index (χ0n) is 18.0. The summed E-state index contributed by atoms with van der Waals surface area (Å²) < 4.78 is 46.8. The molecule has 0 bridgehead atoms. The van der Waals surface area contributed by atoms with Crippen molar-refractivity contribution in [3.8, 4) is 0 Å². The average molecular weight is 461 g/mol. The van der Waals surface area contributed by atoms with Crippen LogP contribution in [0.1, 0.15) is 0 Å². The lowest BCUT2D eigenvalue weighted by molar-refractivity contribution is -0.146. The van der Waals surface area contributed by atoms with E-state index in [4.69, 9.17) is 49.5 Å². The third kappa shape index (κ3) is 25.5. The lowest BCUT2D eigenvalue weighted by atomic mass is 10.6. The summed E-state index contributed by atoms with van der Waals surface area (Å²) in [7, 11) is 1.31. The van der Waals surface area contributed by atoms with E-state index in [1.165, 1.54) is 7.11 Å². The highest BCUT2D eigenvalue weighted by Gasteiger charge is 1.99. The second-order valence-corrected chi connectivity index (χ2v) is 5.98. The van der Waals surface area contributed by atoms with Gasteiger partial charge in [-0.25, -0.2) is 4.79 Å². The summed E-state index contributed by atoms with van der Waals surface area (Å²) in [5, 5.41) is 0. The number of hydrogen-bond acceptors (Lipinski definition) is 10. The molecule has 0 aromatic heterocycles. The second-order valence-electron chi connectivity index (χ2n) is 5.60. The largest absolute Gasteiger partial charge is 0.467 e. The molecule has 0 unspecified atom stereocenters. The molecule has 0 aliphatic carbocycles. The first-order valence-corrected chi connectivity index (χ1v) is 10.6. The van der Waals surface area contributed by atoms with Crippen molar-refractivity contribution in [3.05, 3.63) is 0 Å². The Hall–Kier alpha value is -0.560. The highest BCUT2D eigenvalue weighted by atomic mass is 35.5. The van der Waals surface area contributed by atoms with E-state index in [2.05, 4.69) is 4.74 Å². The summed E-state index contributed by atoms with van der Waals surface area (Å²) >= 11 is 5.48. The van der Waals surface area contributed by atoms with Crippen molar-refractivity contribution in [2.24, 2.45) is 0 Å². The monoisotopic (exact) mass is 460 g/mol. The van der Waals surface area contributed by atoms with Crippen molar-refractivity contribution in [1.29, 1.82) is 0 Å². The topological polar surface area (TPSA) is 100 Å². The number of esters is 1. The van der Waals surface area contributed by atoms with Crippen LogP contribution in [0.3, 0.4) is 0 Å². The number of halogens is 1. The van der Waals surface area contributed by atoms with Crippen LogP contribution in [0.15, 0.2) is 0 Å². The van der Waals surface area contributed by atoms with Gasteiger partial charge in [0.2, 0.25) is 0 Å². The molecule has 180 valence electrons. The molecular formula is C19H37ClO10. The van der Waals surface area contributed by atoms with Crippen molar-refractivity contribution in [2.45, 2.75) is 0 Å². The molecule has 0 aromatic rings. The van der Waals surface area contributed by atoms with E-state index in [0.717, 1.165) is 0 Å². The maximum absolute atomic E-state index is 10.8. The average Bonchev–Trinajstić information content (AvgIpc) is 2.76. The Morgan fingerprint density at radius 1 is 0.500 bits per heavy atom. The van der Waals surface area contributed by atoms with E-state index in [-0.39, 0.29) is 6.61 Å². The first kappa shape index (κ1) is 29.4. The third-order valence-corrected chi connectivity index (χ3v) is 3.43. The highest BCUT2D eigenvalue weighted by Crippen LogP contribution is 1.86. The Labute approximate surface area is 184 Å². The first-order chi connectivity index (χ1) is 14.8. The summed E-state index contributed by atoms with van der Waals surface area (Å²) in [5.41, 5.74) is 0. The fraction of sp³-hybridized carbons (Fsp3) is 0.947. The number of carbonyl (C=O) groups excluding carboxylic acids is 1. The van der Waals surface area contributed by atoms with Crippen LogP contribution in [0.25, 0.3) is 0 Å². The smallest absolute Gasteiger partial charge is 0.331 e. The minimum absolute atomic E-state index is 0.0638. The van der Waals surface area contributed by atoms with E-state index in [1.54, 1.807) is 0 Å². The van der Waals surface area contributed by atoms with Gasteiger partial charge in [0.15, 0.2) is 0 Å². The molecule has 0 aliphatic rings. The van der Waals surface area contributed by atoms with Gasteiger partial charge in [-0.05, 0) is 0 Å². The second kappa shape index (κ2) is 26.5. The summed E-state index contributed by atoms with van der Waals surface area (Å²) in [6.45, 7) is 7.30. The van der Waals surface area contributed by atoms with E-state index < -0.39 is 5.97 Å². The lowest BCUT2D eigenvalue weighted by Crippen LogP contribution is -2.16. The first-order valence-electron chi connectivity index (χ1n) is 10.1. The number of rotatable bonds is 25. The van der Waals surface area contributed by atoms with Crippen LogP contribution in [0.2, 0.25) is 0 Å². The van der Waals surface area contributed by atoms with Gasteiger partial charge in [-0.3, -0.25) is 0 Å². The van der Waals surface area contributed by atoms with Gasteiger partial charge in [-0.1, -0.05) is 0 Å². The molecule has 0 aromatic carbocycles. The predicted molar refractivity (Wildman–Crippen MR) is 109 cm³/mol. The molecule has 0 fully saturated rings. The SMILES string of the molecule is COC(=O)COCCOCCOCCOCCOCCOCCOCCOCCCl. The van der Waals surface area contributed by atoms with E-state index in [0.29, 0.717) is 105 Å². The molecule has 0 saturated carbocycles. The number of methoxy groups -OCH3 is 1. The van der Waals surface area contributed by atoms with Gasteiger partial charge in [0, 0.05) is 5.88 Å². The quantitative estimate of drug-likeness (QED) is 0.109. The van der Waals surface area contributed by atoms with Crippen LogP contribution >= 0.6 is 11.6 Å². The molecule has 0 atom stereocenters. The van der Waals surface area contributed by atoms with Crippen LogP contribution in [0.5, 0.6) is 0 Å². The number of alkyl halides is 1. The van der Waals surface area contributed by atoms with Gasteiger partial charge < -0.3 is 42.6 Å². The Morgan fingerprint density at radius 2 is 0.767 bits per heavy atom.